The first-order chi connectivity index (χ1) is 12.0. The lowest BCUT2D eigenvalue weighted by Crippen LogP contribution is -2.36. The van der Waals surface area contributed by atoms with Crippen LogP contribution in [0.4, 0.5) is 5.69 Å². The molecule has 0 bridgehead atoms. The predicted molar refractivity (Wildman–Crippen MR) is 105 cm³/mol. The van der Waals surface area contributed by atoms with Crippen LogP contribution >= 0.6 is 27.5 Å². The van der Waals surface area contributed by atoms with Crippen LogP contribution in [0.25, 0.3) is 0 Å². The molecule has 1 fully saturated rings. The average Bonchev–Trinajstić information content (AvgIpc) is 2.64. The highest BCUT2D eigenvalue weighted by atomic mass is 79.9. The van der Waals surface area contributed by atoms with Crippen molar-refractivity contribution in [3.63, 3.8) is 0 Å². The van der Waals surface area contributed by atoms with Gasteiger partial charge in [-0.3, -0.25) is 4.79 Å². The summed E-state index contributed by atoms with van der Waals surface area (Å²) >= 11 is 9.50. The van der Waals surface area contributed by atoms with Crippen molar-refractivity contribution in [2.24, 2.45) is 0 Å². The minimum atomic E-state index is -0.184. The molecule has 3 rings (SSSR count). The molecule has 1 saturated heterocycles. The van der Waals surface area contributed by atoms with Gasteiger partial charge in [-0.1, -0.05) is 39.7 Å². The van der Waals surface area contributed by atoms with Crippen molar-refractivity contribution in [3.8, 4) is 0 Å². The fourth-order valence-electron chi connectivity index (χ4n) is 2.82. The summed E-state index contributed by atoms with van der Waals surface area (Å²) in [7, 11) is 0. The number of carbonyl (C=O) groups excluding carboxylic acids is 1. The van der Waals surface area contributed by atoms with Gasteiger partial charge < -0.3 is 15.0 Å². The number of hydrogen-bond acceptors (Lipinski definition) is 3. The Labute approximate surface area is 161 Å². The maximum atomic E-state index is 12.5. The van der Waals surface area contributed by atoms with Gasteiger partial charge in [0.15, 0.2) is 0 Å². The van der Waals surface area contributed by atoms with Crippen LogP contribution in [0.15, 0.2) is 46.9 Å². The van der Waals surface area contributed by atoms with E-state index in [1.807, 2.05) is 13.0 Å². The number of anilines is 1. The van der Waals surface area contributed by atoms with Gasteiger partial charge in [0.25, 0.3) is 5.91 Å². The number of carbonyl (C=O) groups is 1. The SMILES string of the molecule is CC(NC(=O)c1cc(Br)ccc1Cl)c1ccc(N2CCOCC2)cc1. The first kappa shape index (κ1) is 18.2. The maximum absolute atomic E-state index is 12.5. The van der Waals surface area contributed by atoms with Crippen molar-refractivity contribution in [1.82, 2.24) is 5.32 Å². The third kappa shape index (κ3) is 4.54. The minimum Gasteiger partial charge on any atom is -0.378 e. The van der Waals surface area contributed by atoms with Gasteiger partial charge in [0.1, 0.15) is 0 Å². The molecule has 2 aromatic rings. The first-order valence-corrected chi connectivity index (χ1v) is 9.40. The summed E-state index contributed by atoms with van der Waals surface area (Å²) in [5.74, 6) is -0.184. The van der Waals surface area contributed by atoms with Gasteiger partial charge in [0, 0.05) is 23.2 Å². The van der Waals surface area contributed by atoms with Gasteiger partial charge in [-0.2, -0.15) is 0 Å². The molecule has 1 N–H and O–H groups in total. The number of hydrogen-bond donors (Lipinski definition) is 1. The van der Waals surface area contributed by atoms with Crippen LogP contribution in [-0.4, -0.2) is 32.2 Å². The molecule has 1 atom stereocenters. The number of nitrogens with zero attached hydrogens (tertiary/aromatic N) is 1. The van der Waals surface area contributed by atoms with Gasteiger partial charge in [-0.05, 0) is 42.8 Å². The van der Waals surface area contributed by atoms with Gasteiger partial charge >= 0.3 is 0 Å². The quantitative estimate of drug-likeness (QED) is 0.791. The summed E-state index contributed by atoms with van der Waals surface area (Å²) in [6, 6.07) is 13.4. The highest BCUT2D eigenvalue weighted by Crippen LogP contribution is 2.23. The number of ether oxygens (including phenoxy) is 1. The maximum Gasteiger partial charge on any atom is 0.253 e. The average molecular weight is 424 g/mol. The molecule has 1 unspecified atom stereocenters. The van der Waals surface area contributed by atoms with Gasteiger partial charge in [-0.15, -0.1) is 0 Å². The van der Waals surface area contributed by atoms with Gasteiger partial charge in [-0.25, -0.2) is 0 Å². The fraction of sp³-hybridized carbons (Fsp3) is 0.316. The highest BCUT2D eigenvalue weighted by molar-refractivity contribution is 9.10. The summed E-state index contributed by atoms with van der Waals surface area (Å²) in [5, 5.41) is 3.44. The van der Waals surface area contributed by atoms with E-state index in [1.165, 1.54) is 5.69 Å². The Kier molecular flexibility index (Phi) is 5.99. The lowest BCUT2D eigenvalue weighted by molar-refractivity contribution is 0.0940. The monoisotopic (exact) mass is 422 g/mol. The molecule has 1 aliphatic rings. The van der Waals surface area contributed by atoms with E-state index >= 15 is 0 Å². The third-order valence-electron chi connectivity index (χ3n) is 4.29. The van der Waals surface area contributed by atoms with Crippen molar-refractivity contribution < 1.29 is 9.53 Å². The van der Waals surface area contributed by atoms with E-state index in [-0.39, 0.29) is 11.9 Å². The second-order valence-electron chi connectivity index (χ2n) is 6.01. The number of benzene rings is 2. The largest absolute Gasteiger partial charge is 0.378 e. The Bertz CT molecular complexity index is 746. The van der Waals surface area contributed by atoms with Crippen LogP contribution in [0.2, 0.25) is 5.02 Å². The second-order valence-corrected chi connectivity index (χ2v) is 7.33. The summed E-state index contributed by atoms with van der Waals surface area (Å²) < 4.78 is 6.21. The molecular weight excluding hydrogens is 404 g/mol. The van der Waals surface area contributed by atoms with E-state index in [2.05, 4.69) is 50.4 Å². The smallest absolute Gasteiger partial charge is 0.253 e. The second kappa shape index (κ2) is 8.21. The molecule has 0 aromatic heterocycles. The predicted octanol–water partition coefficient (Wildman–Crippen LogP) is 4.43. The lowest BCUT2D eigenvalue weighted by Gasteiger charge is -2.29. The Morgan fingerprint density at radius 2 is 1.88 bits per heavy atom. The Hall–Kier alpha value is -1.56. The Morgan fingerprint density at radius 1 is 1.20 bits per heavy atom. The third-order valence-corrected chi connectivity index (χ3v) is 5.11. The van der Waals surface area contributed by atoms with E-state index in [1.54, 1.807) is 12.1 Å². The van der Waals surface area contributed by atoms with E-state index in [9.17, 15) is 4.79 Å². The van der Waals surface area contributed by atoms with Crippen molar-refractivity contribution in [2.75, 3.05) is 31.2 Å². The Morgan fingerprint density at radius 3 is 2.56 bits per heavy atom. The summed E-state index contributed by atoms with van der Waals surface area (Å²) in [6.45, 7) is 5.32. The van der Waals surface area contributed by atoms with Crippen molar-refractivity contribution in [3.05, 3.63) is 63.1 Å². The number of rotatable bonds is 4. The topological polar surface area (TPSA) is 41.6 Å². The number of morpholine rings is 1. The zero-order valence-electron chi connectivity index (χ0n) is 14.0. The summed E-state index contributed by atoms with van der Waals surface area (Å²) in [4.78, 5) is 14.8. The normalized spacial score (nSPS) is 15.7. The lowest BCUT2D eigenvalue weighted by atomic mass is 10.1. The fourth-order valence-corrected chi connectivity index (χ4v) is 3.39. The number of halogens is 2. The molecule has 1 amide bonds. The molecule has 1 heterocycles. The zero-order valence-corrected chi connectivity index (χ0v) is 16.3. The van der Waals surface area contributed by atoms with Crippen LogP contribution in [0.1, 0.15) is 28.9 Å². The van der Waals surface area contributed by atoms with Crippen LogP contribution in [0, 0.1) is 0 Å². The van der Waals surface area contributed by atoms with Crippen molar-refractivity contribution in [2.45, 2.75) is 13.0 Å². The molecule has 6 heteroatoms. The summed E-state index contributed by atoms with van der Waals surface area (Å²) in [6.07, 6.45) is 0. The zero-order chi connectivity index (χ0) is 17.8. The first-order valence-electron chi connectivity index (χ1n) is 8.23. The van der Waals surface area contributed by atoms with E-state index in [4.69, 9.17) is 16.3 Å². The molecule has 0 spiro atoms. The van der Waals surface area contributed by atoms with E-state index in [0.717, 1.165) is 36.3 Å². The Balaban J connectivity index is 1.67. The highest BCUT2D eigenvalue weighted by Gasteiger charge is 2.16. The van der Waals surface area contributed by atoms with Gasteiger partial charge in [0.05, 0.1) is 29.8 Å². The molecule has 25 heavy (non-hydrogen) atoms. The van der Waals surface area contributed by atoms with Crippen LogP contribution < -0.4 is 10.2 Å². The van der Waals surface area contributed by atoms with E-state index in [0.29, 0.717) is 10.6 Å². The van der Waals surface area contributed by atoms with Crippen LogP contribution in [0.5, 0.6) is 0 Å². The van der Waals surface area contributed by atoms with Crippen molar-refractivity contribution in [1.29, 1.82) is 0 Å². The molecule has 0 saturated carbocycles. The molecule has 0 radical (unpaired) electrons. The molecule has 2 aromatic carbocycles. The van der Waals surface area contributed by atoms with Crippen LogP contribution in [-0.2, 0) is 4.74 Å². The molecule has 132 valence electrons. The van der Waals surface area contributed by atoms with Crippen molar-refractivity contribution >= 4 is 39.1 Å². The standard InChI is InChI=1S/C19H20BrClN2O2/c1-13(22-19(24)17-12-15(20)4-7-18(17)21)14-2-5-16(6-3-14)23-8-10-25-11-9-23/h2-7,12-13H,8-11H2,1H3,(H,22,24). The van der Waals surface area contributed by atoms with E-state index < -0.39 is 0 Å². The van der Waals surface area contributed by atoms with Gasteiger partial charge in [0.2, 0.25) is 0 Å². The van der Waals surface area contributed by atoms with Crippen LogP contribution in [0.3, 0.4) is 0 Å². The molecule has 4 nitrogen and oxygen atoms in total. The minimum absolute atomic E-state index is 0.110. The molecule has 1 aliphatic heterocycles. The molecular formula is C19H20BrClN2O2. The number of amides is 1. The molecule has 0 aliphatic carbocycles. The number of nitrogens with one attached hydrogen (secondary N) is 1. The summed E-state index contributed by atoms with van der Waals surface area (Å²) in [5.41, 5.74) is 2.70.